The molecule has 1 N–H and O–H groups in total. The number of anilines is 1. The van der Waals surface area contributed by atoms with Gasteiger partial charge in [0.1, 0.15) is 0 Å². The second-order valence-electron chi connectivity index (χ2n) is 4.05. The summed E-state index contributed by atoms with van der Waals surface area (Å²) in [5.41, 5.74) is 1.98. The number of hydrogen-bond acceptors (Lipinski definition) is 3. The Hall–Kier alpha value is -1.67. The molecule has 1 aromatic rings. The number of nitrogens with zero attached hydrogens (tertiary/aromatic N) is 2. The standard InChI is InChI=1S/C14H19N3OS/c1-3-17(9-5-8-15)14(18)16-13-7-4-6-12(10-13)11-19-2/h4,6-7,10H,3,5,9,11H2,1-2H3,(H,16,18). The van der Waals surface area contributed by atoms with E-state index in [1.165, 1.54) is 5.56 Å². The Balaban J connectivity index is 2.64. The highest BCUT2D eigenvalue weighted by Gasteiger charge is 2.11. The number of hydrogen-bond donors (Lipinski definition) is 1. The van der Waals surface area contributed by atoms with E-state index < -0.39 is 0 Å². The van der Waals surface area contributed by atoms with Crippen LogP contribution in [0.2, 0.25) is 0 Å². The maximum atomic E-state index is 12.0. The molecule has 1 rings (SSSR count). The third kappa shape index (κ3) is 5.23. The molecular formula is C14H19N3OS. The lowest BCUT2D eigenvalue weighted by Gasteiger charge is -2.20. The van der Waals surface area contributed by atoms with Gasteiger partial charge in [0.15, 0.2) is 0 Å². The minimum atomic E-state index is -0.154. The molecule has 0 bridgehead atoms. The summed E-state index contributed by atoms with van der Waals surface area (Å²) >= 11 is 1.75. The van der Waals surface area contributed by atoms with Crippen molar-refractivity contribution < 1.29 is 4.79 Å². The van der Waals surface area contributed by atoms with Crippen LogP contribution < -0.4 is 5.32 Å². The quantitative estimate of drug-likeness (QED) is 0.867. The van der Waals surface area contributed by atoms with Crippen LogP contribution in [-0.4, -0.2) is 30.3 Å². The first-order valence-electron chi connectivity index (χ1n) is 6.22. The van der Waals surface area contributed by atoms with Crippen LogP contribution in [0.5, 0.6) is 0 Å². The Morgan fingerprint density at radius 3 is 2.95 bits per heavy atom. The van der Waals surface area contributed by atoms with Crippen LogP contribution in [-0.2, 0) is 5.75 Å². The van der Waals surface area contributed by atoms with Crippen molar-refractivity contribution in [3.05, 3.63) is 29.8 Å². The van der Waals surface area contributed by atoms with Crippen molar-refractivity contribution in [3.8, 4) is 6.07 Å². The monoisotopic (exact) mass is 277 g/mol. The molecule has 5 heteroatoms. The molecule has 0 aliphatic carbocycles. The first-order chi connectivity index (χ1) is 9.21. The van der Waals surface area contributed by atoms with Crippen molar-refractivity contribution in [2.45, 2.75) is 19.1 Å². The van der Waals surface area contributed by atoms with E-state index in [-0.39, 0.29) is 6.03 Å². The average Bonchev–Trinajstić information content (AvgIpc) is 2.40. The molecular weight excluding hydrogens is 258 g/mol. The first-order valence-corrected chi connectivity index (χ1v) is 7.61. The number of thioether (sulfide) groups is 1. The van der Waals surface area contributed by atoms with Gasteiger partial charge in [-0.1, -0.05) is 12.1 Å². The summed E-state index contributed by atoms with van der Waals surface area (Å²) in [4.78, 5) is 13.6. The maximum absolute atomic E-state index is 12.0. The number of rotatable bonds is 6. The predicted octanol–water partition coefficient (Wildman–Crippen LogP) is 3.32. The molecule has 19 heavy (non-hydrogen) atoms. The van der Waals surface area contributed by atoms with Crippen LogP contribution in [0.3, 0.4) is 0 Å². The summed E-state index contributed by atoms with van der Waals surface area (Å²) in [7, 11) is 0. The summed E-state index contributed by atoms with van der Waals surface area (Å²) < 4.78 is 0. The van der Waals surface area contributed by atoms with Gasteiger partial charge in [0.05, 0.1) is 12.5 Å². The highest BCUT2D eigenvalue weighted by molar-refractivity contribution is 7.97. The molecule has 0 spiro atoms. The van der Waals surface area contributed by atoms with Crippen LogP contribution in [0.15, 0.2) is 24.3 Å². The second kappa shape index (κ2) is 8.44. The summed E-state index contributed by atoms with van der Waals surface area (Å²) in [5.74, 6) is 0.926. The van der Waals surface area contributed by atoms with Crippen LogP contribution in [0, 0.1) is 11.3 Å². The van der Waals surface area contributed by atoms with E-state index in [1.807, 2.05) is 37.4 Å². The van der Waals surface area contributed by atoms with Gasteiger partial charge in [-0.3, -0.25) is 0 Å². The number of nitriles is 1. The topological polar surface area (TPSA) is 56.1 Å². The van der Waals surface area contributed by atoms with Gasteiger partial charge in [-0.15, -0.1) is 0 Å². The molecule has 0 atom stereocenters. The molecule has 0 unspecified atom stereocenters. The molecule has 0 aliphatic heterocycles. The van der Waals surface area contributed by atoms with Crippen molar-refractivity contribution in [1.82, 2.24) is 4.90 Å². The first kappa shape index (κ1) is 15.4. The zero-order valence-corrected chi connectivity index (χ0v) is 12.2. The average molecular weight is 277 g/mol. The van der Waals surface area contributed by atoms with E-state index in [0.717, 1.165) is 11.4 Å². The van der Waals surface area contributed by atoms with Crippen LogP contribution in [0.25, 0.3) is 0 Å². The zero-order valence-electron chi connectivity index (χ0n) is 11.3. The molecule has 0 aromatic heterocycles. The molecule has 1 aromatic carbocycles. The minimum absolute atomic E-state index is 0.154. The van der Waals surface area contributed by atoms with E-state index in [4.69, 9.17) is 5.26 Å². The largest absolute Gasteiger partial charge is 0.324 e. The van der Waals surface area contributed by atoms with E-state index in [9.17, 15) is 4.79 Å². The zero-order chi connectivity index (χ0) is 14.1. The fourth-order valence-corrected chi connectivity index (χ4v) is 2.21. The highest BCUT2D eigenvalue weighted by Crippen LogP contribution is 2.15. The third-order valence-electron chi connectivity index (χ3n) is 2.65. The molecule has 0 saturated carbocycles. The minimum Gasteiger partial charge on any atom is -0.324 e. The Labute approximate surface area is 118 Å². The van der Waals surface area contributed by atoms with Gasteiger partial charge in [0.25, 0.3) is 0 Å². The lowest BCUT2D eigenvalue weighted by molar-refractivity contribution is 0.215. The van der Waals surface area contributed by atoms with Crippen molar-refractivity contribution in [1.29, 1.82) is 5.26 Å². The summed E-state index contributed by atoms with van der Waals surface area (Å²) in [6.07, 6.45) is 2.40. The Bertz CT molecular complexity index is 456. The third-order valence-corrected chi connectivity index (χ3v) is 3.27. The maximum Gasteiger partial charge on any atom is 0.321 e. The lowest BCUT2D eigenvalue weighted by atomic mass is 10.2. The molecule has 0 saturated heterocycles. The number of carbonyl (C=O) groups excluding carboxylic acids is 1. The summed E-state index contributed by atoms with van der Waals surface area (Å²) in [6, 6.07) is 9.73. The number of benzene rings is 1. The van der Waals surface area contributed by atoms with Crippen molar-refractivity contribution >= 4 is 23.5 Å². The molecule has 102 valence electrons. The van der Waals surface area contributed by atoms with Gasteiger partial charge in [0.2, 0.25) is 0 Å². The Morgan fingerprint density at radius 1 is 1.53 bits per heavy atom. The number of urea groups is 1. The van der Waals surface area contributed by atoms with E-state index in [1.54, 1.807) is 16.7 Å². The molecule has 0 radical (unpaired) electrons. The van der Waals surface area contributed by atoms with Gasteiger partial charge in [0, 0.05) is 24.5 Å². The number of nitrogens with one attached hydrogen (secondary N) is 1. The fraction of sp³-hybridized carbons (Fsp3) is 0.429. The van der Waals surface area contributed by atoms with E-state index >= 15 is 0 Å². The highest BCUT2D eigenvalue weighted by atomic mass is 32.2. The van der Waals surface area contributed by atoms with Crippen molar-refractivity contribution in [2.24, 2.45) is 0 Å². The molecule has 2 amide bonds. The van der Waals surface area contributed by atoms with Crippen molar-refractivity contribution in [2.75, 3.05) is 24.7 Å². The Morgan fingerprint density at radius 2 is 2.32 bits per heavy atom. The fourth-order valence-electron chi connectivity index (χ4n) is 1.70. The second-order valence-corrected chi connectivity index (χ2v) is 4.92. The van der Waals surface area contributed by atoms with Gasteiger partial charge in [-0.05, 0) is 30.9 Å². The van der Waals surface area contributed by atoms with Gasteiger partial charge < -0.3 is 10.2 Å². The van der Waals surface area contributed by atoms with Gasteiger partial charge in [-0.2, -0.15) is 17.0 Å². The molecule has 0 heterocycles. The van der Waals surface area contributed by atoms with Gasteiger partial charge in [-0.25, -0.2) is 4.79 Å². The van der Waals surface area contributed by atoms with Crippen LogP contribution >= 0.6 is 11.8 Å². The number of carbonyl (C=O) groups is 1. The predicted molar refractivity (Wildman–Crippen MR) is 80.2 cm³/mol. The van der Waals surface area contributed by atoms with Crippen LogP contribution in [0.4, 0.5) is 10.5 Å². The van der Waals surface area contributed by atoms with Gasteiger partial charge >= 0.3 is 6.03 Å². The van der Waals surface area contributed by atoms with Crippen molar-refractivity contribution in [3.63, 3.8) is 0 Å². The summed E-state index contributed by atoms with van der Waals surface area (Å²) in [5, 5.41) is 11.4. The summed E-state index contributed by atoms with van der Waals surface area (Å²) in [6.45, 7) is 2.96. The normalized spacial score (nSPS) is 9.74. The number of amides is 2. The Kier molecular flexibility index (Phi) is 6.83. The van der Waals surface area contributed by atoms with Crippen LogP contribution in [0.1, 0.15) is 18.9 Å². The molecule has 0 fully saturated rings. The SMILES string of the molecule is CCN(CCC#N)C(=O)Nc1cccc(CSC)c1. The molecule has 4 nitrogen and oxygen atoms in total. The molecule has 0 aliphatic rings. The lowest BCUT2D eigenvalue weighted by Crippen LogP contribution is -2.35. The van der Waals surface area contributed by atoms with E-state index in [2.05, 4.69) is 11.4 Å². The van der Waals surface area contributed by atoms with E-state index in [0.29, 0.717) is 19.5 Å². The smallest absolute Gasteiger partial charge is 0.321 e.